The van der Waals surface area contributed by atoms with Crippen molar-refractivity contribution in [2.45, 2.75) is 10.3 Å². The highest BCUT2D eigenvalue weighted by Crippen LogP contribution is 2.18. The highest BCUT2D eigenvalue weighted by atomic mass is 32.2. The zero-order valence-electron chi connectivity index (χ0n) is 9.09. The van der Waals surface area contributed by atoms with Crippen LogP contribution in [0, 0.1) is 11.3 Å². The maximum absolute atomic E-state index is 12.1. The van der Waals surface area contributed by atoms with E-state index in [1.807, 2.05) is 6.07 Å². The lowest BCUT2D eigenvalue weighted by Gasteiger charge is -2.23. The fourth-order valence-corrected chi connectivity index (χ4v) is 3.04. The Morgan fingerprint density at radius 3 is 2.59 bits per heavy atom. The normalized spacial score (nSPS) is 20.8. The molecule has 0 spiro atoms. The first-order valence-corrected chi connectivity index (χ1v) is 6.75. The lowest BCUT2D eigenvalue weighted by Crippen LogP contribution is -2.42. The maximum Gasteiger partial charge on any atom is 0.206 e. The van der Waals surface area contributed by atoms with Gasteiger partial charge in [-0.15, -0.1) is 0 Å². The van der Waals surface area contributed by atoms with Gasteiger partial charge in [-0.1, -0.05) is 0 Å². The van der Waals surface area contributed by atoms with Crippen molar-refractivity contribution < 1.29 is 13.2 Å². The van der Waals surface area contributed by atoms with Gasteiger partial charge in [-0.25, -0.2) is 8.42 Å². The van der Waals surface area contributed by atoms with Crippen molar-refractivity contribution in [2.24, 2.45) is 0 Å². The van der Waals surface area contributed by atoms with Gasteiger partial charge >= 0.3 is 0 Å². The number of nitrogens with zero attached hydrogens (tertiary/aromatic N) is 1. The van der Waals surface area contributed by atoms with Crippen LogP contribution in [-0.4, -0.2) is 33.6 Å². The third-order valence-corrected chi connectivity index (χ3v) is 4.48. The van der Waals surface area contributed by atoms with Crippen LogP contribution < -0.4 is 5.32 Å². The summed E-state index contributed by atoms with van der Waals surface area (Å²) in [6.45, 7) is 1.35. The van der Waals surface area contributed by atoms with Crippen molar-refractivity contribution in [2.75, 3.05) is 19.7 Å². The van der Waals surface area contributed by atoms with Gasteiger partial charge in [0.1, 0.15) is 0 Å². The SMILES string of the molecule is N#Cc1ccc(S(=O)(=O)C2CNCCO2)cc1. The van der Waals surface area contributed by atoms with E-state index in [1.165, 1.54) is 24.3 Å². The molecule has 1 unspecified atom stereocenters. The molecule has 0 radical (unpaired) electrons. The molecule has 1 N–H and O–H groups in total. The van der Waals surface area contributed by atoms with E-state index in [-0.39, 0.29) is 4.90 Å². The third-order valence-electron chi connectivity index (χ3n) is 2.55. The van der Waals surface area contributed by atoms with E-state index in [0.29, 0.717) is 25.3 Å². The lowest BCUT2D eigenvalue weighted by molar-refractivity contribution is 0.0785. The average molecular weight is 252 g/mol. The largest absolute Gasteiger partial charge is 0.359 e. The Kier molecular flexibility index (Phi) is 3.43. The summed E-state index contributed by atoms with van der Waals surface area (Å²) in [5, 5.41) is 11.6. The second-order valence-corrected chi connectivity index (χ2v) is 5.77. The monoisotopic (exact) mass is 252 g/mol. The fraction of sp³-hybridized carbons (Fsp3) is 0.364. The lowest BCUT2D eigenvalue weighted by atomic mass is 10.2. The molecule has 1 aliphatic heterocycles. The number of benzene rings is 1. The summed E-state index contributed by atoms with van der Waals surface area (Å²) in [4.78, 5) is 0.185. The van der Waals surface area contributed by atoms with Crippen molar-refractivity contribution >= 4 is 9.84 Å². The molecule has 1 heterocycles. The van der Waals surface area contributed by atoms with Crippen LogP contribution in [0.4, 0.5) is 0 Å². The number of morpholine rings is 1. The highest BCUT2D eigenvalue weighted by molar-refractivity contribution is 7.92. The molecular weight excluding hydrogens is 240 g/mol. The minimum Gasteiger partial charge on any atom is -0.359 e. The molecule has 1 aliphatic rings. The maximum atomic E-state index is 12.1. The molecule has 0 aromatic heterocycles. The van der Waals surface area contributed by atoms with Gasteiger partial charge in [0.25, 0.3) is 0 Å². The molecular formula is C11H12N2O3S. The molecule has 1 saturated heterocycles. The van der Waals surface area contributed by atoms with Gasteiger partial charge < -0.3 is 10.1 Å². The Morgan fingerprint density at radius 1 is 1.35 bits per heavy atom. The summed E-state index contributed by atoms with van der Waals surface area (Å²) in [5.41, 5.74) is -0.407. The highest BCUT2D eigenvalue weighted by Gasteiger charge is 2.29. The number of nitrogens with one attached hydrogen (secondary N) is 1. The summed E-state index contributed by atoms with van der Waals surface area (Å²) >= 11 is 0. The summed E-state index contributed by atoms with van der Waals surface area (Å²) in [6, 6.07) is 7.80. The Morgan fingerprint density at radius 2 is 2.06 bits per heavy atom. The quantitative estimate of drug-likeness (QED) is 0.817. The van der Waals surface area contributed by atoms with Crippen LogP contribution in [0.15, 0.2) is 29.2 Å². The standard InChI is InChI=1S/C11H12N2O3S/c12-7-9-1-3-10(4-2-9)17(14,15)11-8-13-5-6-16-11/h1-4,11,13H,5-6,8H2. The third kappa shape index (κ3) is 2.47. The molecule has 1 aromatic rings. The molecule has 17 heavy (non-hydrogen) atoms. The molecule has 2 rings (SSSR count). The average Bonchev–Trinajstić information content (AvgIpc) is 2.40. The van der Waals surface area contributed by atoms with Crippen LogP contribution in [-0.2, 0) is 14.6 Å². The Labute approximate surface area is 99.9 Å². The molecule has 0 aliphatic carbocycles. The van der Waals surface area contributed by atoms with E-state index in [1.54, 1.807) is 0 Å². The van der Waals surface area contributed by atoms with Crippen molar-refractivity contribution in [1.82, 2.24) is 5.32 Å². The second kappa shape index (κ2) is 4.84. The number of hydrogen-bond donors (Lipinski definition) is 1. The summed E-state index contributed by atoms with van der Waals surface area (Å²) in [5.74, 6) is 0. The van der Waals surface area contributed by atoms with E-state index in [2.05, 4.69) is 5.32 Å². The van der Waals surface area contributed by atoms with Crippen LogP contribution in [0.25, 0.3) is 0 Å². The minimum atomic E-state index is -3.48. The molecule has 0 amide bonds. The first kappa shape index (κ1) is 12.0. The molecule has 5 nitrogen and oxygen atoms in total. The summed E-state index contributed by atoms with van der Waals surface area (Å²) < 4.78 is 29.5. The van der Waals surface area contributed by atoms with Crippen molar-refractivity contribution in [3.8, 4) is 6.07 Å². The molecule has 1 aromatic carbocycles. The van der Waals surface area contributed by atoms with Crippen LogP contribution in [0.1, 0.15) is 5.56 Å². The number of hydrogen-bond acceptors (Lipinski definition) is 5. The zero-order valence-corrected chi connectivity index (χ0v) is 9.90. The zero-order chi connectivity index (χ0) is 12.3. The fourth-order valence-electron chi connectivity index (χ4n) is 1.61. The van der Waals surface area contributed by atoms with Crippen LogP contribution in [0.3, 0.4) is 0 Å². The number of sulfone groups is 1. The number of ether oxygens (including phenoxy) is 1. The second-order valence-electron chi connectivity index (χ2n) is 3.69. The Balaban J connectivity index is 2.27. The van der Waals surface area contributed by atoms with E-state index in [0.717, 1.165) is 0 Å². The van der Waals surface area contributed by atoms with Crippen LogP contribution >= 0.6 is 0 Å². The predicted molar refractivity (Wildman–Crippen MR) is 61.0 cm³/mol. The number of rotatable bonds is 2. The molecule has 6 heteroatoms. The molecule has 1 fully saturated rings. The van der Waals surface area contributed by atoms with Crippen LogP contribution in [0.2, 0.25) is 0 Å². The summed E-state index contributed by atoms with van der Waals surface area (Å²) in [6.07, 6.45) is 0. The van der Waals surface area contributed by atoms with Gasteiger partial charge in [0, 0.05) is 13.1 Å². The van der Waals surface area contributed by atoms with Gasteiger partial charge in [0.2, 0.25) is 9.84 Å². The van der Waals surface area contributed by atoms with Gasteiger partial charge in [-0.2, -0.15) is 5.26 Å². The summed E-state index contributed by atoms with van der Waals surface area (Å²) in [7, 11) is -3.48. The van der Waals surface area contributed by atoms with E-state index >= 15 is 0 Å². The Hall–Kier alpha value is -1.42. The molecule has 90 valence electrons. The number of nitriles is 1. The van der Waals surface area contributed by atoms with E-state index < -0.39 is 15.3 Å². The Bertz CT molecular complexity index is 525. The first-order chi connectivity index (χ1) is 8.14. The minimum absolute atomic E-state index is 0.185. The van der Waals surface area contributed by atoms with Gasteiger partial charge in [0.05, 0.1) is 23.1 Å². The molecule has 0 saturated carbocycles. The first-order valence-electron chi connectivity index (χ1n) is 5.21. The van der Waals surface area contributed by atoms with Crippen LogP contribution in [0.5, 0.6) is 0 Å². The predicted octanol–water partition coefficient (Wildman–Crippen LogP) is 0.278. The topological polar surface area (TPSA) is 79.2 Å². The van der Waals surface area contributed by atoms with Gasteiger partial charge in [-0.3, -0.25) is 0 Å². The van der Waals surface area contributed by atoms with E-state index in [4.69, 9.17) is 10.00 Å². The molecule has 1 atom stereocenters. The van der Waals surface area contributed by atoms with Crippen molar-refractivity contribution in [1.29, 1.82) is 5.26 Å². The van der Waals surface area contributed by atoms with Gasteiger partial charge in [0.15, 0.2) is 5.44 Å². The van der Waals surface area contributed by atoms with Crippen molar-refractivity contribution in [3.05, 3.63) is 29.8 Å². The van der Waals surface area contributed by atoms with E-state index in [9.17, 15) is 8.42 Å². The smallest absolute Gasteiger partial charge is 0.206 e. The van der Waals surface area contributed by atoms with Gasteiger partial charge in [-0.05, 0) is 24.3 Å². The van der Waals surface area contributed by atoms with Crippen molar-refractivity contribution in [3.63, 3.8) is 0 Å². The molecule has 0 bridgehead atoms.